The Kier molecular flexibility index (Phi) is 6.22. The molecule has 0 spiro atoms. The Morgan fingerprint density at radius 2 is 1.83 bits per heavy atom. The number of carbonyl (C=O) groups is 2. The molecule has 0 saturated heterocycles. The number of aromatic nitrogens is 1. The number of benzene rings is 2. The SMILES string of the molecule is COC(=O)c1cc(CNC(=O)c2cn(CC(C)C)c3ccccc23)ccc1OC. The van der Waals surface area contributed by atoms with Crippen molar-refractivity contribution < 1.29 is 19.1 Å². The van der Waals surface area contributed by atoms with Gasteiger partial charge in [-0.3, -0.25) is 4.79 Å². The minimum atomic E-state index is -0.480. The van der Waals surface area contributed by atoms with Gasteiger partial charge in [0.15, 0.2) is 0 Å². The molecule has 0 bridgehead atoms. The first-order valence-electron chi connectivity index (χ1n) is 9.56. The molecule has 1 amide bonds. The lowest BCUT2D eigenvalue weighted by atomic mass is 10.1. The summed E-state index contributed by atoms with van der Waals surface area (Å²) in [4.78, 5) is 24.8. The third kappa shape index (κ3) is 4.42. The highest BCUT2D eigenvalue weighted by molar-refractivity contribution is 6.07. The Balaban J connectivity index is 1.82. The maximum atomic E-state index is 12.9. The minimum Gasteiger partial charge on any atom is -0.496 e. The number of carbonyl (C=O) groups excluding carboxylic acids is 2. The van der Waals surface area contributed by atoms with Gasteiger partial charge in [0.2, 0.25) is 0 Å². The molecule has 0 aliphatic rings. The van der Waals surface area contributed by atoms with E-state index in [1.54, 1.807) is 12.1 Å². The van der Waals surface area contributed by atoms with Gasteiger partial charge in [-0.15, -0.1) is 0 Å². The van der Waals surface area contributed by atoms with Crippen molar-refractivity contribution >= 4 is 22.8 Å². The molecule has 0 radical (unpaired) electrons. The molecule has 29 heavy (non-hydrogen) atoms. The molecular weight excluding hydrogens is 368 g/mol. The zero-order valence-electron chi connectivity index (χ0n) is 17.2. The Bertz CT molecular complexity index is 1040. The Morgan fingerprint density at radius 1 is 1.07 bits per heavy atom. The molecule has 0 unspecified atom stereocenters. The normalized spacial score (nSPS) is 10.9. The lowest BCUT2D eigenvalue weighted by molar-refractivity contribution is 0.0597. The van der Waals surface area contributed by atoms with E-state index in [-0.39, 0.29) is 12.5 Å². The molecule has 6 nitrogen and oxygen atoms in total. The van der Waals surface area contributed by atoms with E-state index in [0.29, 0.717) is 22.8 Å². The van der Waals surface area contributed by atoms with Crippen LogP contribution in [0.4, 0.5) is 0 Å². The molecule has 6 heteroatoms. The van der Waals surface area contributed by atoms with Crippen molar-refractivity contribution in [2.75, 3.05) is 14.2 Å². The largest absolute Gasteiger partial charge is 0.496 e. The van der Waals surface area contributed by atoms with E-state index in [0.717, 1.165) is 23.0 Å². The summed E-state index contributed by atoms with van der Waals surface area (Å²) in [6.07, 6.45) is 1.91. The minimum absolute atomic E-state index is 0.154. The van der Waals surface area contributed by atoms with E-state index in [9.17, 15) is 9.59 Å². The molecule has 3 aromatic rings. The van der Waals surface area contributed by atoms with Gasteiger partial charge in [-0.1, -0.05) is 38.1 Å². The van der Waals surface area contributed by atoms with Crippen LogP contribution in [0.5, 0.6) is 5.75 Å². The number of hydrogen-bond acceptors (Lipinski definition) is 4. The second-order valence-corrected chi connectivity index (χ2v) is 7.32. The van der Waals surface area contributed by atoms with Gasteiger partial charge in [0.25, 0.3) is 5.91 Å². The average Bonchev–Trinajstić information content (AvgIpc) is 3.09. The maximum absolute atomic E-state index is 12.9. The van der Waals surface area contributed by atoms with Crippen molar-refractivity contribution in [2.45, 2.75) is 26.9 Å². The van der Waals surface area contributed by atoms with E-state index >= 15 is 0 Å². The molecule has 1 aromatic heterocycles. The van der Waals surface area contributed by atoms with Gasteiger partial charge in [0, 0.05) is 30.2 Å². The van der Waals surface area contributed by atoms with Crippen LogP contribution >= 0.6 is 0 Å². The van der Waals surface area contributed by atoms with Gasteiger partial charge in [0.1, 0.15) is 11.3 Å². The summed E-state index contributed by atoms with van der Waals surface area (Å²) in [5.41, 5.74) is 2.80. The highest BCUT2D eigenvalue weighted by atomic mass is 16.5. The number of ether oxygens (including phenoxy) is 2. The Hall–Kier alpha value is -3.28. The summed E-state index contributed by atoms with van der Waals surface area (Å²) in [5.74, 6) is 0.271. The summed E-state index contributed by atoms with van der Waals surface area (Å²) in [7, 11) is 2.82. The smallest absolute Gasteiger partial charge is 0.341 e. The van der Waals surface area contributed by atoms with Gasteiger partial charge >= 0.3 is 5.97 Å². The van der Waals surface area contributed by atoms with Crippen molar-refractivity contribution in [3.05, 3.63) is 65.4 Å². The van der Waals surface area contributed by atoms with Crippen LogP contribution in [0.15, 0.2) is 48.7 Å². The standard InChI is InChI=1S/C23H26N2O4/c1-15(2)13-25-14-19(17-7-5-6-8-20(17)25)22(26)24-12-16-9-10-21(28-3)18(11-16)23(27)29-4/h5-11,14-15H,12-13H2,1-4H3,(H,24,26). The molecule has 0 aliphatic carbocycles. The Labute approximate surface area is 170 Å². The number of amides is 1. The van der Waals surface area contributed by atoms with Crippen molar-refractivity contribution in [3.8, 4) is 5.75 Å². The second kappa shape index (κ2) is 8.82. The molecule has 2 aromatic carbocycles. The summed E-state index contributed by atoms with van der Waals surface area (Å²) in [6, 6.07) is 13.1. The summed E-state index contributed by atoms with van der Waals surface area (Å²) >= 11 is 0. The number of esters is 1. The lowest BCUT2D eigenvalue weighted by Gasteiger charge is -2.10. The van der Waals surface area contributed by atoms with Crippen molar-refractivity contribution in [2.24, 2.45) is 5.92 Å². The fourth-order valence-corrected chi connectivity index (χ4v) is 3.38. The quantitative estimate of drug-likeness (QED) is 0.615. The molecule has 1 N–H and O–H groups in total. The predicted octanol–water partition coefficient (Wildman–Crippen LogP) is 4.02. The lowest BCUT2D eigenvalue weighted by Crippen LogP contribution is -2.23. The molecule has 0 fully saturated rings. The monoisotopic (exact) mass is 394 g/mol. The summed E-state index contributed by atoms with van der Waals surface area (Å²) < 4.78 is 12.1. The van der Waals surface area contributed by atoms with E-state index in [1.807, 2.05) is 36.5 Å². The molecule has 0 atom stereocenters. The van der Waals surface area contributed by atoms with Crippen LogP contribution in [0, 0.1) is 5.92 Å². The number of rotatable bonds is 7. The van der Waals surface area contributed by atoms with Gasteiger partial charge in [0.05, 0.1) is 19.8 Å². The fraction of sp³-hybridized carbons (Fsp3) is 0.304. The predicted molar refractivity (Wildman–Crippen MR) is 112 cm³/mol. The third-order valence-electron chi connectivity index (χ3n) is 4.72. The molecule has 3 rings (SSSR count). The number of nitrogens with zero attached hydrogens (tertiary/aromatic N) is 1. The number of para-hydroxylation sites is 1. The third-order valence-corrected chi connectivity index (χ3v) is 4.72. The van der Waals surface area contributed by atoms with Crippen molar-refractivity contribution in [3.63, 3.8) is 0 Å². The average molecular weight is 394 g/mol. The molecular formula is C23H26N2O4. The first-order valence-corrected chi connectivity index (χ1v) is 9.56. The van der Waals surface area contributed by atoms with Gasteiger partial charge in [-0.25, -0.2) is 4.79 Å². The molecule has 152 valence electrons. The van der Waals surface area contributed by atoms with Crippen LogP contribution in [0.25, 0.3) is 10.9 Å². The zero-order valence-corrected chi connectivity index (χ0v) is 17.2. The highest BCUT2D eigenvalue weighted by Gasteiger charge is 2.17. The van der Waals surface area contributed by atoms with E-state index in [1.165, 1.54) is 14.2 Å². The molecule has 0 saturated carbocycles. The first-order chi connectivity index (χ1) is 13.9. The van der Waals surface area contributed by atoms with Crippen LogP contribution in [-0.4, -0.2) is 30.7 Å². The van der Waals surface area contributed by atoms with Crippen LogP contribution in [0.3, 0.4) is 0 Å². The van der Waals surface area contributed by atoms with Crippen LogP contribution in [0.1, 0.15) is 40.1 Å². The van der Waals surface area contributed by atoms with E-state index in [2.05, 4.69) is 23.7 Å². The summed E-state index contributed by atoms with van der Waals surface area (Å²) in [5, 5.41) is 3.88. The molecule has 1 heterocycles. The number of nitrogens with one attached hydrogen (secondary N) is 1. The number of methoxy groups -OCH3 is 2. The Morgan fingerprint density at radius 3 is 2.52 bits per heavy atom. The first kappa shape index (κ1) is 20.5. The van der Waals surface area contributed by atoms with Gasteiger partial charge < -0.3 is 19.4 Å². The molecule has 0 aliphatic heterocycles. The topological polar surface area (TPSA) is 69.6 Å². The number of fused-ring (bicyclic) bond motifs is 1. The van der Waals surface area contributed by atoms with Crippen molar-refractivity contribution in [1.82, 2.24) is 9.88 Å². The summed E-state index contributed by atoms with van der Waals surface area (Å²) in [6.45, 7) is 5.43. The van der Waals surface area contributed by atoms with Crippen LogP contribution in [-0.2, 0) is 17.8 Å². The zero-order chi connectivity index (χ0) is 21.0. The second-order valence-electron chi connectivity index (χ2n) is 7.32. The van der Waals surface area contributed by atoms with Crippen LogP contribution < -0.4 is 10.1 Å². The fourth-order valence-electron chi connectivity index (χ4n) is 3.38. The van der Waals surface area contributed by atoms with Gasteiger partial charge in [-0.05, 0) is 29.7 Å². The van der Waals surface area contributed by atoms with Gasteiger partial charge in [-0.2, -0.15) is 0 Å². The van der Waals surface area contributed by atoms with E-state index < -0.39 is 5.97 Å². The number of hydrogen-bond donors (Lipinski definition) is 1. The van der Waals surface area contributed by atoms with E-state index in [4.69, 9.17) is 9.47 Å². The van der Waals surface area contributed by atoms with Crippen LogP contribution in [0.2, 0.25) is 0 Å². The van der Waals surface area contributed by atoms with Crippen molar-refractivity contribution in [1.29, 1.82) is 0 Å². The maximum Gasteiger partial charge on any atom is 0.341 e. The highest BCUT2D eigenvalue weighted by Crippen LogP contribution is 2.23.